The summed E-state index contributed by atoms with van der Waals surface area (Å²) in [6.07, 6.45) is 5.06. The number of carbonyl (C=O) groups excluding carboxylic acids is 1. The van der Waals surface area contributed by atoms with E-state index in [-0.39, 0.29) is 23.1 Å². The molecule has 3 heterocycles. The first kappa shape index (κ1) is 20.4. The number of nitrogens with zero attached hydrogens (tertiary/aromatic N) is 4. The van der Waals surface area contributed by atoms with Crippen LogP contribution in [-0.2, 0) is 13.6 Å². The summed E-state index contributed by atoms with van der Waals surface area (Å²) in [5.41, 5.74) is 2.94. The maximum absolute atomic E-state index is 12.7. The molecule has 8 nitrogen and oxygen atoms in total. The van der Waals surface area contributed by atoms with Crippen LogP contribution in [0.25, 0.3) is 11.2 Å². The molecule has 1 saturated carbocycles. The number of amides is 1. The zero-order chi connectivity index (χ0) is 21.5. The molecule has 8 heteroatoms. The van der Waals surface area contributed by atoms with Gasteiger partial charge in [0, 0.05) is 37.3 Å². The topological polar surface area (TPSA) is 95.0 Å². The Bertz CT molecular complexity index is 1100. The lowest BCUT2D eigenvalue weighted by Crippen LogP contribution is -2.37. The first-order valence-electron chi connectivity index (χ1n) is 10.5. The van der Waals surface area contributed by atoms with Crippen molar-refractivity contribution < 1.29 is 9.32 Å². The lowest BCUT2D eigenvalue weighted by Gasteiger charge is -2.28. The largest absolute Gasteiger partial charge is 0.364 e. The van der Waals surface area contributed by atoms with Gasteiger partial charge in [0.25, 0.3) is 5.91 Å². The fourth-order valence-corrected chi connectivity index (χ4v) is 4.26. The standard InChI is InChI=1S/C22H29N5O3/c1-22(2,3)13-27-18-10-9-16(24-19(18)26(4)21(27)29)14-5-7-15(8-6-14)23-20(28)17-11-12-30-25-17/h9-12,14-15H,5-8,13H2,1-4H3,(H,23,28). The van der Waals surface area contributed by atoms with Gasteiger partial charge in [0.15, 0.2) is 11.3 Å². The van der Waals surface area contributed by atoms with E-state index in [1.54, 1.807) is 17.7 Å². The molecular formula is C22H29N5O3. The number of aryl methyl sites for hydroxylation is 1. The maximum Gasteiger partial charge on any atom is 0.330 e. The van der Waals surface area contributed by atoms with Crippen LogP contribution in [0.15, 0.2) is 33.8 Å². The number of nitrogens with one attached hydrogen (secondary N) is 1. The lowest BCUT2D eigenvalue weighted by molar-refractivity contribution is 0.0916. The van der Waals surface area contributed by atoms with Gasteiger partial charge in [-0.05, 0) is 43.2 Å². The molecule has 3 aromatic rings. The first-order valence-corrected chi connectivity index (χ1v) is 10.5. The molecule has 3 aromatic heterocycles. The van der Waals surface area contributed by atoms with Crippen LogP contribution in [0.1, 0.15) is 68.6 Å². The lowest BCUT2D eigenvalue weighted by atomic mass is 9.84. The summed E-state index contributed by atoms with van der Waals surface area (Å²) in [7, 11) is 1.79. The molecule has 0 bridgehead atoms. The number of hydrogen-bond donors (Lipinski definition) is 1. The van der Waals surface area contributed by atoms with Gasteiger partial charge in [0.2, 0.25) is 0 Å². The molecule has 1 amide bonds. The highest BCUT2D eigenvalue weighted by atomic mass is 16.5. The highest BCUT2D eigenvalue weighted by Gasteiger charge is 2.26. The molecule has 0 atom stereocenters. The Hall–Kier alpha value is -2.90. The quantitative estimate of drug-likeness (QED) is 0.711. The predicted octanol–water partition coefficient (Wildman–Crippen LogP) is 3.23. The van der Waals surface area contributed by atoms with E-state index in [0.717, 1.165) is 42.5 Å². The molecule has 1 fully saturated rings. The van der Waals surface area contributed by atoms with Crippen LogP contribution >= 0.6 is 0 Å². The van der Waals surface area contributed by atoms with E-state index in [9.17, 15) is 9.59 Å². The fourth-order valence-electron chi connectivity index (χ4n) is 4.26. The minimum atomic E-state index is -0.193. The van der Waals surface area contributed by atoms with Crippen LogP contribution in [0.5, 0.6) is 0 Å². The molecule has 1 aliphatic rings. The molecule has 1 aliphatic carbocycles. The molecule has 30 heavy (non-hydrogen) atoms. The van der Waals surface area contributed by atoms with Crippen molar-refractivity contribution in [1.29, 1.82) is 0 Å². The molecule has 1 N–H and O–H groups in total. The van der Waals surface area contributed by atoms with Gasteiger partial charge >= 0.3 is 5.69 Å². The fraction of sp³-hybridized carbons (Fsp3) is 0.545. The monoisotopic (exact) mass is 411 g/mol. The smallest absolute Gasteiger partial charge is 0.330 e. The van der Waals surface area contributed by atoms with E-state index in [1.807, 2.05) is 10.6 Å². The van der Waals surface area contributed by atoms with Crippen molar-refractivity contribution in [2.75, 3.05) is 0 Å². The zero-order valence-electron chi connectivity index (χ0n) is 18.0. The Morgan fingerprint density at radius 3 is 2.57 bits per heavy atom. The van der Waals surface area contributed by atoms with Gasteiger partial charge < -0.3 is 9.84 Å². The molecule has 160 valence electrons. The van der Waals surface area contributed by atoms with Crippen LogP contribution in [0.4, 0.5) is 0 Å². The number of carbonyl (C=O) groups is 1. The number of rotatable bonds is 4. The molecule has 0 aromatic carbocycles. The molecule has 0 radical (unpaired) electrons. The second-order valence-corrected chi connectivity index (χ2v) is 9.47. The van der Waals surface area contributed by atoms with Crippen molar-refractivity contribution in [3.05, 3.63) is 46.3 Å². The van der Waals surface area contributed by atoms with E-state index >= 15 is 0 Å². The SMILES string of the molecule is Cn1c(=O)n(CC(C)(C)C)c2ccc(C3CCC(NC(=O)c4ccon4)CC3)nc21. The highest BCUT2D eigenvalue weighted by molar-refractivity contribution is 5.92. The van der Waals surface area contributed by atoms with Crippen LogP contribution in [-0.4, -0.2) is 31.2 Å². The third kappa shape index (κ3) is 4.04. The van der Waals surface area contributed by atoms with Crippen molar-refractivity contribution in [2.45, 2.75) is 65.0 Å². The number of pyridine rings is 1. The van der Waals surface area contributed by atoms with Gasteiger partial charge in [-0.25, -0.2) is 9.78 Å². The van der Waals surface area contributed by atoms with E-state index in [1.165, 1.54) is 6.26 Å². The molecule has 0 unspecified atom stereocenters. The Morgan fingerprint density at radius 2 is 1.93 bits per heavy atom. The number of aromatic nitrogens is 4. The average Bonchev–Trinajstić information content (AvgIpc) is 3.32. The summed E-state index contributed by atoms with van der Waals surface area (Å²) in [5, 5.41) is 6.72. The molecule has 0 spiro atoms. The summed E-state index contributed by atoms with van der Waals surface area (Å²) in [5.74, 6) is 0.137. The van der Waals surface area contributed by atoms with Gasteiger partial charge in [-0.1, -0.05) is 25.9 Å². The minimum absolute atomic E-state index is 0.00553. The van der Waals surface area contributed by atoms with Gasteiger partial charge in [0.1, 0.15) is 6.26 Å². The molecule has 0 saturated heterocycles. The van der Waals surface area contributed by atoms with Gasteiger partial charge in [-0.2, -0.15) is 0 Å². The predicted molar refractivity (Wildman–Crippen MR) is 113 cm³/mol. The van der Waals surface area contributed by atoms with E-state index < -0.39 is 0 Å². The number of hydrogen-bond acceptors (Lipinski definition) is 5. The van der Waals surface area contributed by atoms with Gasteiger partial charge in [0.05, 0.1) is 5.52 Å². The summed E-state index contributed by atoms with van der Waals surface area (Å²) >= 11 is 0. The van der Waals surface area contributed by atoms with Crippen molar-refractivity contribution in [3.8, 4) is 0 Å². The molecular weight excluding hydrogens is 382 g/mol. The number of imidazole rings is 1. The average molecular weight is 412 g/mol. The Kier molecular flexibility index (Phi) is 5.26. The minimum Gasteiger partial charge on any atom is -0.364 e. The second-order valence-electron chi connectivity index (χ2n) is 9.47. The highest BCUT2D eigenvalue weighted by Crippen LogP contribution is 2.33. The Labute approximate surface area is 175 Å². The Morgan fingerprint density at radius 1 is 1.20 bits per heavy atom. The Balaban J connectivity index is 1.48. The first-order chi connectivity index (χ1) is 14.2. The van der Waals surface area contributed by atoms with Crippen LogP contribution in [0, 0.1) is 5.41 Å². The summed E-state index contributed by atoms with van der Waals surface area (Å²) in [6, 6.07) is 5.78. The van der Waals surface area contributed by atoms with E-state index in [2.05, 4.69) is 37.3 Å². The van der Waals surface area contributed by atoms with Crippen molar-refractivity contribution in [3.63, 3.8) is 0 Å². The third-order valence-electron chi connectivity index (χ3n) is 5.79. The second kappa shape index (κ2) is 7.74. The molecule has 0 aliphatic heterocycles. The van der Waals surface area contributed by atoms with Crippen LogP contribution in [0.3, 0.4) is 0 Å². The van der Waals surface area contributed by atoms with Gasteiger partial charge in [-0.15, -0.1) is 0 Å². The zero-order valence-corrected chi connectivity index (χ0v) is 18.0. The summed E-state index contributed by atoms with van der Waals surface area (Å²) < 4.78 is 8.21. The van der Waals surface area contributed by atoms with Crippen molar-refractivity contribution >= 4 is 17.1 Å². The van der Waals surface area contributed by atoms with Crippen molar-refractivity contribution in [1.82, 2.24) is 24.6 Å². The summed E-state index contributed by atoms with van der Waals surface area (Å²) in [4.78, 5) is 29.8. The van der Waals surface area contributed by atoms with E-state index in [4.69, 9.17) is 9.51 Å². The number of fused-ring (bicyclic) bond motifs is 1. The van der Waals surface area contributed by atoms with Crippen LogP contribution in [0.2, 0.25) is 0 Å². The van der Waals surface area contributed by atoms with Gasteiger partial charge in [-0.3, -0.25) is 13.9 Å². The summed E-state index contributed by atoms with van der Waals surface area (Å²) in [6.45, 7) is 7.03. The van der Waals surface area contributed by atoms with E-state index in [0.29, 0.717) is 18.2 Å². The van der Waals surface area contributed by atoms with Crippen LogP contribution < -0.4 is 11.0 Å². The molecule has 4 rings (SSSR count). The third-order valence-corrected chi connectivity index (χ3v) is 5.79. The normalized spacial score (nSPS) is 19.9. The maximum atomic E-state index is 12.7. The van der Waals surface area contributed by atoms with Crippen molar-refractivity contribution in [2.24, 2.45) is 12.5 Å².